The van der Waals surface area contributed by atoms with E-state index in [0.717, 1.165) is 11.3 Å². The summed E-state index contributed by atoms with van der Waals surface area (Å²) in [5, 5.41) is 27.7. The summed E-state index contributed by atoms with van der Waals surface area (Å²) in [5.41, 5.74) is 3.11. The van der Waals surface area contributed by atoms with Gasteiger partial charge in [0.15, 0.2) is 5.15 Å². The van der Waals surface area contributed by atoms with Crippen molar-refractivity contribution in [2.45, 2.75) is 25.5 Å². The standard InChI is InChI=1S/C20H25ClN4O3S.CBN.Na/c1-24(16(9-26)17(27)11-29-2)15-8-25(19-18(15)22-12-23-20(19)21)13-28-10-14-6-4-3-5-7-14;2-1-3;/h3-8,12,16-17,26-27H,9-11,13H2,1-2H3;;/q;-1;+1/t16-,17-;;/m1../s1. The Labute approximate surface area is 226 Å². The average Bonchev–Trinajstić information content (AvgIpc) is 3.16. The molecule has 0 unspecified atom stereocenters. The molecule has 8 nitrogen and oxygen atoms in total. The van der Waals surface area contributed by atoms with Crippen LogP contribution in [0.4, 0.5) is 5.69 Å². The van der Waals surface area contributed by atoms with Crippen molar-refractivity contribution in [2.75, 3.05) is 30.6 Å². The molecule has 2 aromatic heterocycles. The van der Waals surface area contributed by atoms with Crippen molar-refractivity contribution in [1.29, 1.82) is 5.26 Å². The second-order valence-corrected chi connectivity index (χ2v) is 8.09. The molecule has 0 amide bonds. The average molecular weight is 497 g/mol. The Morgan fingerprint density at radius 2 is 2.00 bits per heavy atom. The van der Waals surface area contributed by atoms with E-state index in [1.807, 2.05) is 59.3 Å². The van der Waals surface area contributed by atoms with Crippen LogP contribution in [-0.4, -0.2) is 70.4 Å². The molecule has 3 radical (unpaired) electrons. The van der Waals surface area contributed by atoms with E-state index in [-0.39, 0.29) is 42.9 Å². The quantitative estimate of drug-likeness (QED) is 0.284. The molecule has 2 atom stereocenters. The van der Waals surface area contributed by atoms with Crippen LogP contribution in [0.15, 0.2) is 42.9 Å². The Bertz CT molecular complexity index is 1020. The molecule has 2 heterocycles. The molecule has 0 fully saturated rings. The number of rotatable bonds is 10. The van der Waals surface area contributed by atoms with Crippen LogP contribution in [0.3, 0.4) is 0 Å². The molecular formula is C21H25BClN5NaO3S. The second-order valence-electron chi connectivity index (χ2n) is 6.82. The maximum Gasteiger partial charge on any atom is 1.00 e. The Morgan fingerprint density at radius 3 is 2.61 bits per heavy atom. The molecule has 12 heteroatoms. The summed E-state index contributed by atoms with van der Waals surface area (Å²) < 4.78 is 7.71. The van der Waals surface area contributed by atoms with Gasteiger partial charge in [-0.25, -0.2) is 9.97 Å². The van der Waals surface area contributed by atoms with Crippen LogP contribution in [0.5, 0.6) is 0 Å². The first-order chi connectivity index (χ1) is 15.5. The van der Waals surface area contributed by atoms with Crippen LogP contribution in [-0.2, 0) is 18.1 Å². The number of hydrogen-bond acceptors (Lipinski definition) is 8. The first-order valence-electron chi connectivity index (χ1n) is 9.69. The third-order valence-electron chi connectivity index (χ3n) is 4.77. The molecule has 3 aromatic rings. The molecule has 0 spiro atoms. The number of likely N-dealkylation sites (N-methyl/N-ethyl adjacent to an activating group) is 1. The van der Waals surface area contributed by atoms with Crippen molar-refractivity contribution in [3.63, 3.8) is 0 Å². The van der Waals surface area contributed by atoms with E-state index in [1.165, 1.54) is 24.1 Å². The Hall–Kier alpha value is -1.29. The van der Waals surface area contributed by atoms with Crippen molar-refractivity contribution in [2.24, 2.45) is 0 Å². The van der Waals surface area contributed by atoms with E-state index >= 15 is 0 Å². The van der Waals surface area contributed by atoms with Gasteiger partial charge in [0, 0.05) is 19.0 Å². The van der Waals surface area contributed by atoms with Crippen molar-refractivity contribution in [3.8, 4) is 5.97 Å². The van der Waals surface area contributed by atoms with Crippen LogP contribution in [0.2, 0.25) is 5.15 Å². The minimum absolute atomic E-state index is 0. The van der Waals surface area contributed by atoms with Gasteiger partial charge in [-0.3, -0.25) is 11.2 Å². The minimum Gasteiger partial charge on any atom is -0.466 e. The summed E-state index contributed by atoms with van der Waals surface area (Å²) >= 11 is 7.88. The predicted octanol–water partition coefficient (Wildman–Crippen LogP) is -0.580. The molecule has 2 N–H and O–H groups in total. The zero-order valence-electron chi connectivity index (χ0n) is 18.9. The van der Waals surface area contributed by atoms with Crippen LogP contribution in [0.25, 0.3) is 11.0 Å². The van der Waals surface area contributed by atoms with Gasteiger partial charge in [0.1, 0.15) is 24.1 Å². The zero-order valence-corrected chi connectivity index (χ0v) is 22.5. The fraction of sp³-hybridized carbons (Fsp3) is 0.381. The van der Waals surface area contributed by atoms with E-state index in [4.69, 9.17) is 21.6 Å². The van der Waals surface area contributed by atoms with Crippen LogP contribution in [0, 0.1) is 11.2 Å². The van der Waals surface area contributed by atoms with Crippen molar-refractivity contribution in [1.82, 2.24) is 14.5 Å². The number of nitriles is 1. The van der Waals surface area contributed by atoms with Crippen LogP contribution >= 0.6 is 23.4 Å². The summed E-state index contributed by atoms with van der Waals surface area (Å²) in [6.45, 7) is 0.542. The van der Waals surface area contributed by atoms with Crippen LogP contribution in [0.1, 0.15) is 5.56 Å². The molecule has 0 saturated carbocycles. The smallest absolute Gasteiger partial charge is 0.466 e. The van der Waals surface area contributed by atoms with E-state index < -0.39 is 12.1 Å². The van der Waals surface area contributed by atoms with Gasteiger partial charge in [-0.05, 0) is 11.8 Å². The molecule has 0 saturated heterocycles. The summed E-state index contributed by atoms with van der Waals surface area (Å²) in [5.74, 6) is 1.77. The SMILES string of the molecule is CSC[C@@H](O)[C@@H](CO)N(C)c1cn(COCc2ccccc2)c2c(Cl)ncnc12.[B-]C#N.[Na+]. The fourth-order valence-corrected chi connectivity index (χ4v) is 4.04. The van der Waals surface area contributed by atoms with Gasteiger partial charge in [0.2, 0.25) is 0 Å². The number of nitrogens with zero attached hydrogens (tertiary/aromatic N) is 5. The molecular weight excluding hydrogens is 472 g/mol. The Balaban J connectivity index is 0.00000129. The third-order valence-corrected chi connectivity index (χ3v) is 5.73. The third kappa shape index (κ3) is 8.16. The largest absolute Gasteiger partial charge is 1.00 e. The van der Waals surface area contributed by atoms with Crippen LogP contribution < -0.4 is 34.5 Å². The minimum atomic E-state index is -0.690. The molecule has 0 bridgehead atoms. The van der Waals surface area contributed by atoms with E-state index in [1.54, 1.807) is 0 Å². The molecule has 1 aromatic carbocycles. The molecule has 0 aliphatic carbocycles. The van der Waals surface area contributed by atoms with Gasteiger partial charge in [-0.15, -0.1) is 0 Å². The first-order valence-corrected chi connectivity index (χ1v) is 11.5. The van der Waals surface area contributed by atoms with Crippen molar-refractivity contribution >= 4 is 47.9 Å². The number of aliphatic hydroxyl groups is 2. The van der Waals surface area contributed by atoms with E-state index in [9.17, 15) is 10.2 Å². The monoisotopic (exact) mass is 496 g/mol. The zero-order chi connectivity index (χ0) is 23.5. The summed E-state index contributed by atoms with van der Waals surface area (Å²) in [6, 6.07) is 9.43. The maximum atomic E-state index is 10.4. The molecule has 0 aliphatic rings. The number of ether oxygens (including phenoxy) is 1. The Kier molecular flexibility index (Phi) is 14.0. The number of thioether (sulfide) groups is 1. The summed E-state index contributed by atoms with van der Waals surface area (Å²) in [6.07, 6.45) is 4.50. The normalized spacial score (nSPS) is 12.2. The topological polar surface area (TPSA) is 107 Å². The molecule has 0 aliphatic heterocycles. The molecule has 3 rings (SSSR count). The summed E-state index contributed by atoms with van der Waals surface area (Å²) in [7, 11) is 5.98. The number of hydrogen-bond donors (Lipinski definition) is 2. The van der Waals surface area contributed by atoms with Gasteiger partial charge >= 0.3 is 29.6 Å². The number of anilines is 1. The first kappa shape index (κ1) is 29.7. The number of fused-ring (bicyclic) bond motifs is 1. The van der Waals surface area contributed by atoms with Crippen molar-refractivity contribution in [3.05, 3.63) is 53.6 Å². The van der Waals surface area contributed by atoms with Gasteiger partial charge in [0.25, 0.3) is 0 Å². The predicted molar refractivity (Wildman–Crippen MR) is 129 cm³/mol. The number of halogens is 1. The van der Waals surface area contributed by atoms with Gasteiger partial charge in [-0.1, -0.05) is 41.9 Å². The van der Waals surface area contributed by atoms with Crippen molar-refractivity contribution < 1.29 is 44.5 Å². The number of aromatic nitrogens is 3. The molecule has 169 valence electrons. The molecule has 33 heavy (non-hydrogen) atoms. The van der Waals surface area contributed by atoms with Gasteiger partial charge < -0.3 is 32.3 Å². The maximum absolute atomic E-state index is 10.4. The number of aliphatic hydroxyl groups excluding tert-OH is 2. The second kappa shape index (κ2) is 15.6. The fourth-order valence-electron chi connectivity index (χ4n) is 3.23. The van der Waals surface area contributed by atoms with Gasteiger partial charge in [-0.2, -0.15) is 11.8 Å². The number of benzene rings is 1. The van der Waals surface area contributed by atoms with E-state index in [0.29, 0.717) is 28.5 Å². The van der Waals surface area contributed by atoms with E-state index in [2.05, 4.69) is 17.8 Å². The summed E-state index contributed by atoms with van der Waals surface area (Å²) in [4.78, 5) is 10.3. The van der Waals surface area contributed by atoms with Gasteiger partial charge in [0.05, 0.1) is 31.0 Å². The Morgan fingerprint density at radius 1 is 1.33 bits per heavy atom.